The quantitative estimate of drug-likeness (QED) is 0.684. The highest BCUT2D eigenvalue weighted by atomic mass is 35.5. The fourth-order valence-corrected chi connectivity index (χ4v) is 4.08. The van der Waals surface area contributed by atoms with Crippen molar-refractivity contribution in [1.29, 1.82) is 0 Å². The maximum Gasteiger partial charge on any atom is 0.307 e. The van der Waals surface area contributed by atoms with Crippen molar-refractivity contribution in [3.63, 3.8) is 0 Å². The van der Waals surface area contributed by atoms with Crippen LogP contribution in [-0.2, 0) is 16.1 Å². The summed E-state index contributed by atoms with van der Waals surface area (Å²) in [6.07, 6.45) is -1.76. The van der Waals surface area contributed by atoms with Gasteiger partial charge < -0.3 is 9.84 Å². The number of carboxylic acid groups (broad SMARTS) is 1. The molecule has 1 N–H and O–H groups in total. The minimum absolute atomic E-state index is 0.0455. The number of aromatic nitrogens is 1. The van der Waals surface area contributed by atoms with Crippen LogP contribution < -0.4 is 9.64 Å². The predicted molar refractivity (Wildman–Crippen MR) is 98.8 cm³/mol. The van der Waals surface area contributed by atoms with Crippen LogP contribution in [0.15, 0.2) is 30.3 Å². The maximum atomic E-state index is 14.0. The number of rotatable bonds is 4. The molecular formula is C18H11ClF2N2O4S. The summed E-state index contributed by atoms with van der Waals surface area (Å²) >= 11 is 6.94. The average Bonchev–Trinajstić information content (AvgIpc) is 3.07. The predicted octanol–water partition coefficient (Wildman–Crippen LogP) is 4.00. The van der Waals surface area contributed by atoms with Gasteiger partial charge in [-0.15, -0.1) is 11.3 Å². The normalized spacial score (nSPS) is 16.2. The Labute approximate surface area is 165 Å². The van der Waals surface area contributed by atoms with Crippen molar-refractivity contribution in [2.45, 2.75) is 19.1 Å². The highest BCUT2D eigenvalue weighted by Crippen LogP contribution is 2.38. The summed E-state index contributed by atoms with van der Waals surface area (Å²) in [5, 5.41) is 9.67. The number of benzene rings is 2. The number of carboxylic acids is 1. The van der Waals surface area contributed by atoms with Crippen LogP contribution in [-0.4, -0.2) is 28.1 Å². The monoisotopic (exact) mass is 424 g/mol. The molecule has 28 heavy (non-hydrogen) atoms. The SMILES string of the molecule is O=C(O)CC1Oc2ccc(Cl)cc2N(Cc2nc3c(F)ccc(F)c3s2)C1=O. The second kappa shape index (κ2) is 6.99. The zero-order chi connectivity index (χ0) is 20.0. The third kappa shape index (κ3) is 3.27. The van der Waals surface area contributed by atoms with Crippen LogP contribution >= 0.6 is 22.9 Å². The van der Waals surface area contributed by atoms with Gasteiger partial charge in [-0.25, -0.2) is 13.8 Å². The van der Waals surface area contributed by atoms with Gasteiger partial charge in [-0.05, 0) is 30.3 Å². The number of hydrogen-bond acceptors (Lipinski definition) is 5. The molecule has 4 rings (SSSR count). The molecule has 2 aromatic carbocycles. The van der Waals surface area contributed by atoms with Gasteiger partial charge in [0.25, 0.3) is 5.91 Å². The Hall–Kier alpha value is -2.78. The minimum Gasteiger partial charge on any atom is -0.481 e. The van der Waals surface area contributed by atoms with Gasteiger partial charge in [-0.2, -0.15) is 0 Å². The van der Waals surface area contributed by atoms with E-state index in [1.807, 2.05) is 0 Å². The van der Waals surface area contributed by atoms with Crippen LogP contribution in [0, 0.1) is 11.6 Å². The highest BCUT2D eigenvalue weighted by molar-refractivity contribution is 7.18. The van der Waals surface area contributed by atoms with Crippen LogP contribution in [0.1, 0.15) is 11.4 Å². The molecular weight excluding hydrogens is 414 g/mol. The first kappa shape index (κ1) is 18.6. The summed E-state index contributed by atoms with van der Waals surface area (Å²) in [6.45, 7) is -0.107. The van der Waals surface area contributed by atoms with Crippen LogP contribution in [0.25, 0.3) is 10.2 Å². The van der Waals surface area contributed by atoms with Gasteiger partial charge in [0.15, 0.2) is 11.9 Å². The Bertz CT molecular complexity index is 1080. The second-order valence-electron chi connectivity index (χ2n) is 6.06. The molecule has 1 amide bonds. The third-order valence-electron chi connectivity index (χ3n) is 4.17. The van der Waals surface area contributed by atoms with Crippen molar-refractivity contribution in [3.05, 3.63) is 52.0 Å². The molecule has 1 aromatic heterocycles. The number of amides is 1. The van der Waals surface area contributed by atoms with E-state index >= 15 is 0 Å². The van der Waals surface area contributed by atoms with Gasteiger partial charge in [0.1, 0.15) is 22.1 Å². The van der Waals surface area contributed by atoms with Crippen LogP contribution in [0.4, 0.5) is 14.5 Å². The third-order valence-corrected chi connectivity index (χ3v) is 5.45. The zero-order valence-corrected chi connectivity index (χ0v) is 15.6. The molecule has 2 heterocycles. The van der Waals surface area contributed by atoms with E-state index in [1.165, 1.54) is 17.0 Å². The van der Waals surface area contributed by atoms with E-state index in [9.17, 15) is 18.4 Å². The van der Waals surface area contributed by atoms with E-state index in [1.54, 1.807) is 6.07 Å². The molecule has 0 bridgehead atoms. The van der Waals surface area contributed by atoms with Crippen LogP contribution in [0.2, 0.25) is 5.02 Å². The Kier molecular flexibility index (Phi) is 4.64. The van der Waals surface area contributed by atoms with Gasteiger partial charge in [-0.3, -0.25) is 14.5 Å². The lowest BCUT2D eigenvalue weighted by Gasteiger charge is -2.33. The van der Waals surface area contributed by atoms with Crippen LogP contribution in [0.5, 0.6) is 5.75 Å². The molecule has 1 aliphatic heterocycles. The summed E-state index contributed by atoms with van der Waals surface area (Å²) in [5.74, 6) is -2.79. The lowest BCUT2D eigenvalue weighted by atomic mass is 10.1. The first-order chi connectivity index (χ1) is 13.3. The summed E-state index contributed by atoms with van der Waals surface area (Å²) < 4.78 is 33.4. The van der Waals surface area contributed by atoms with Crippen molar-refractivity contribution in [2.75, 3.05) is 4.90 Å². The number of ether oxygens (including phenoxy) is 1. The molecule has 0 aliphatic carbocycles. The number of halogens is 3. The van der Waals surface area contributed by atoms with Gasteiger partial charge in [0, 0.05) is 5.02 Å². The van der Waals surface area contributed by atoms with Gasteiger partial charge >= 0.3 is 5.97 Å². The molecule has 1 atom stereocenters. The molecule has 1 unspecified atom stereocenters. The number of hydrogen-bond donors (Lipinski definition) is 1. The second-order valence-corrected chi connectivity index (χ2v) is 7.58. The largest absolute Gasteiger partial charge is 0.481 e. The van der Waals surface area contributed by atoms with E-state index in [-0.39, 0.29) is 27.5 Å². The standard InChI is InChI=1S/C18H11ClF2N2O4S/c19-8-1-4-12-11(5-8)23(18(26)13(27-12)6-15(24)25)7-14-22-16-9(20)2-3-10(21)17(16)28-14/h1-5,13H,6-7H2,(H,24,25). The van der Waals surface area contributed by atoms with Gasteiger partial charge in [-0.1, -0.05) is 11.6 Å². The topological polar surface area (TPSA) is 79.7 Å². The lowest BCUT2D eigenvalue weighted by molar-refractivity contribution is -0.142. The van der Waals surface area contributed by atoms with Gasteiger partial charge in [0.05, 0.1) is 23.4 Å². The highest BCUT2D eigenvalue weighted by Gasteiger charge is 2.36. The number of nitrogens with zero attached hydrogens (tertiary/aromatic N) is 2. The number of aliphatic carboxylic acids is 1. The van der Waals surface area contributed by atoms with E-state index < -0.39 is 36.0 Å². The summed E-state index contributed by atoms with van der Waals surface area (Å²) in [7, 11) is 0. The molecule has 0 saturated heterocycles. The van der Waals surface area contributed by atoms with Gasteiger partial charge in [0.2, 0.25) is 0 Å². The average molecular weight is 425 g/mol. The zero-order valence-electron chi connectivity index (χ0n) is 14.0. The molecule has 0 fully saturated rings. The number of anilines is 1. The summed E-state index contributed by atoms with van der Waals surface area (Å²) in [6, 6.07) is 6.58. The number of fused-ring (bicyclic) bond motifs is 2. The fraction of sp³-hybridized carbons (Fsp3) is 0.167. The van der Waals surface area contributed by atoms with E-state index in [2.05, 4.69) is 4.98 Å². The number of carbonyl (C=O) groups is 2. The Balaban J connectivity index is 1.76. The molecule has 0 spiro atoms. The van der Waals surface area contributed by atoms with Crippen molar-refractivity contribution < 1.29 is 28.2 Å². The van der Waals surface area contributed by atoms with E-state index in [0.717, 1.165) is 23.5 Å². The van der Waals surface area contributed by atoms with Crippen molar-refractivity contribution in [1.82, 2.24) is 4.98 Å². The lowest BCUT2D eigenvalue weighted by Crippen LogP contribution is -2.46. The molecule has 0 saturated carbocycles. The minimum atomic E-state index is -1.23. The Morgan fingerprint density at radius 3 is 2.75 bits per heavy atom. The number of carbonyl (C=O) groups excluding carboxylic acids is 1. The maximum absolute atomic E-state index is 14.0. The van der Waals surface area contributed by atoms with Crippen molar-refractivity contribution >= 4 is 50.7 Å². The number of thiazole rings is 1. The summed E-state index contributed by atoms with van der Waals surface area (Å²) in [5.41, 5.74) is 0.216. The van der Waals surface area contributed by atoms with Crippen LogP contribution in [0.3, 0.4) is 0 Å². The molecule has 10 heteroatoms. The van der Waals surface area contributed by atoms with E-state index in [0.29, 0.717) is 10.7 Å². The van der Waals surface area contributed by atoms with Crippen molar-refractivity contribution in [3.8, 4) is 5.75 Å². The Morgan fingerprint density at radius 1 is 1.29 bits per heavy atom. The van der Waals surface area contributed by atoms with Crippen molar-refractivity contribution in [2.24, 2.45) is 0 Å². The molecule has 1 aliphatic rings. The summed E-state index contributed by atoms with van der Waals surface area (Å²) in [4.78, 5) is 29.3. The van der Waals surface area contributed by atoms with E-state index in [4.69, 9.17) is 21.4 Å². The smallest absolute Gasteiger partial charge is 0.307 e. The Morgan fingerprint density at radius 2 is 2.04 bits per heavy atom. The fourth-order valence-electron chi connectivity index (χ4n) is 2.94. The molecule has 0 radical (unpaired) electrons. The molecule has 6 nitrogen and oxygen atoms in total. The first-order valence-corrected chi connectivity index (χ1v) is 9.25. The molecule has 144 valence electrons. The molecule has 3 aromatic rings. The first-order valence-electron chi connectivity index (χ1n) is 8.06.